The van der Waals surface area contributed by atoms with E-state index in [1.807, 2.05) is 32.0 Å². The summed E-state index contributed by atoms with van der Waals surface area (Å²) in [6.45, 7) is 9.67. The molecule has 0 saturated carbocycles. The van der Waals surface area contributed by atoms with E-state index in [9.17, 15) is 9.59 Å². The van der Waals surface area contributed by atoms with Crippen molar-refractivity contribution in [3.05, 3.63) is 63.8 Å². The van der Waals surface area contributed by atoms with E-state index in [4.69, 9.17) is 0 Å². The number of amides is 1. The van der Waals surface area contributed by atoms with Crippen LogP contribution in [0.1, 0.15) is 56.0 Å². The zero-order valence-corrected chi connectivity index (χ0v) is 20.7. The third-order valence-electron chi connectivity index (χ3n) is 7.25. The molecule has 1 aromatic carbocycles. The van der Waals surface area contributed by atoms with E-state index in [-0.39, 0.29) is 18.0 Å². The highest BCUT2D eigenvalue weighted by Gasteiger charge is 2.20. The lowest BCUT2D eigenvalue weighted by Crippen LogP contribution is -2.41. The van der Waals surface area contributed by atoms with E-state index in [1.165, 1.54) is 35.9 Å². The Bertz CT molecular complexity index is 1180. The van der Waals surface area contributed by atoms with Gasteiger partial charge in [-0.05, 0) is 51.6 Å². The van der Waals surface area contributed by atoms with Crippen molar-refractivity contribution in [3.8, 4) is 0 Å². The first-order chi connectivity index (χ1) is 16.5. The lowest BCUT2D eigenvalue weighted by atomic mass is 10.00. The Morgan fingerprint density at radius 3 is 2.71 bits per heavy atom. The predicted molar refractivity (Wildman–Crippen MR) is 136 cm³/mol. The number of rotatable bonds is 9. The van der Waals surface area contributed by atoms with Crippen molar-refractivity contribution in [2.75, 3.05) is 19.6 Å². The van der Waals surface area contributed by atoms with Crippen LogP contribution < -0.4 is 10.9 Å². The molecular formula is C27H37N5O2. The maximum absolute atomic E-state index is 13.2. The van der Waals surface area contributed by atoms with E-state index in [2.05, 4.69) is 38.9 Å². The Morgan fingerprint density at radius 2 is 1.94 bits per heavy atom. The van der Waals surface area contributed by atoms with E-state index in [0.29, 0.717) is 24.5 Å². The molecule has 0 spiro atoms. The second kappa shape index (κ2) is 11.0. The second-order valence-corrected chi connectivity index (χ2v) is 9.44. The summed E-state index contributed by atoms with van der Waals surface area (Å²) in [4.78, 5) is 28.3. The molecule has 3 heterocycles. The van der Waals surface area contributed by atoms with Gasteiger partial charge in [0.15, 0.2) is 0 Å². The third kappa shape index (κ3) is 5.25. The lowest BCUT2D eigenvalue weighted by Gasteiger charge is -2.35. The van der Waals surface area contributed by atoms with Gasteiger partial charge in [0.1, 0.15) is 6.54 Å². The Kier molecular flexibility index (Phi) is 7.83. The van der Waals surface area contributed by atoms with Gasteiger partial charge in [-0.1, -0.05) is 43.7 Å². The summed E-state index contributed by atoms with van der Waals surface area (Å²) in [7, 11) is 0. The summed E-state index contributed by atoms with van der Waals surface area (Å²) in [6, 6.07) is 10.9. The summed E-state index contributed by atoms with van der Waals surface area (Å²) >= 11 is 0. The molecule has 7 heteroatoms. The van der Waals surface area contributed by atoms with Crippen LogP contribution in [-0.4, -0.2) is 50.8 Å². The van der Waals surface area contributed by atoms with Crippen LogP contribution in [0.3, 0.4) is 0 Å². The van der Waals surface area contributed by atoms with Gasteiger partial charge in [0.25, 0.3) is 5.56 Å². The lowest BCUT2D eigenvalue weighted by molar-refractivity contribution is -0.121. The maximum Gasteiger partial charge on any atom is 0.276 e. The Hall–Kier alpha value is -2.93. The summed E-state index contributed by atoms with van der Waals surface area (Å²) in [5.74, 6) is -0.169. The van der Waals surface area contributed by atoms with E-state index >= 15 is 0 Å². The Balaban J connectivity index is 1.39. The van der Waals surface area contributed by atoms with Crippen LogP contribution in [0.15, 0.2) is 41.3 Å². The molecule has 4 rings (SSSR count). The Morgan fingerprint density at radius 1 is 1.15 bits per heavy atom. The second-order valence-electron chi connectivity index (χ2n) is 9.44. The fourth-order valence-corrected chi connectivity index (χ4v) is 5.28. The van der Waals surface area contributed by atoms with Gasteiger partial charge in [-0.15, -0.1) is 0 Å². The highest BCUT2D eigenvalue weighted by Crippen LogP contribution is 2.23. The molecule has 0 bridgehead atoms. The zero-order valence-electron chi connectivity index (χ0n) is 20.7. The fraction of sp³-hybridized carbons (Fsp3) is 0.519. The molecule has 34 heavy (non-hydrogen) atoms. The van der Waals surface area contributed by atoms with E-state index < -0.39 is 0 Å². The first-order valence-electron chi connectivity index (χ1n) is 12.6. The molecule has 1 amide bonds. The van der Waals surface area contributed by atoms with Crippen molar-refractivity contribution in [2.45, 2.75) is 72.0 Å². The minimum absolute atomic E-state index is 0.0571. The average Bonchev–Trinajstić information content (AvgIpc) is 3.09. The molecule has 0 unspecified atom stereocenters. The van der Waals surface area contributed by atoms with Crippen molar-refractivity contribution < 1.29 is 4.79 Å². The molecule has 182 valence electrons. The molecule has 1 aliphatic rings. The van der Waals surface area contributed by atoms with Crippen LogP contribution in [0.4, 0.5) is 0 Å². The van der Waals surface area contributed by atoms with Gasteiger partial charge in [-0.25, -0.2) is 4.68 Å². The minimum atomic E-state index is -0.209. The quantitative estimate of drug-likeness (QED) is 0.492. The first kappa shape index (κ1) is 24.2. The highest BCUT2D eigenvalue weighted by molar-refractivity contribution is 5.87. The summed E-state index contributed by atoms with van der Waals surface area (Å²) < 4.78 is 3.44. The minimum Gasteiger partial charge on any atom is -0.354 e. The largest absolute Gasteiger partial charge is 0.354 e. The standard InChI is InChI=1S/C27H37N5O2/c1-4-23-13-8-9-15-30(23)16-10-14-28-25(33)19-32-27(34)26-21(3)31(20(2)24(26)17-29-32)18-22-11-6-5-7-12-22/h5-7,11-12,17,23H,4,8-10,13-16,18-19H2,1-3H3,(H,28,33)/t23-/m1/s1. The summed E-state index contributed by atoms with van der Waals surface area (Å²) in [5, 5.41) is 8.78. The number of carbonyl (C=O) groups excluding carboxylic acids is 1. The zero-order chi connectivity index (χ0) is 24.1. The number of aryl methyl sites for hydroxylation is 2. The molecule has 1 N–H and O–H groups in total. The first-order valence-corrected chi connectivity index (χ1v) is 12.6. The molecule has 0 aliphatic carbocycles. The number of benzene rings is 1. The topological polar surface area (TPSA) is 72.2 Å². The van der Waals surface area contributed by atoms with Crippen molar-refractivity contribution in [3.63, 3.8) is 0 Å². The summed E-state index contributed by atoms with van der Waals surface area (Å²) in [5.41, 5.74) is 2.89. The van der Waals surface area contributed by atoms with Crippen molar-refractivity contribution in [1.82, 2.24) is 24.6 Å². The number of nitrogens with zero attached hydrogens (tertiary/aromatic N) is 4. The van der Waals surface area contributed by atoms with Crippen LogP contribution in [0, 0.1) is 13.8 Å². The molecule has 3 aromatic rings. The van der Waals surface area contributed by atoms with Crippen LogP contribution in [0.2, 0.25) is 0 Å². The number of fused-ring (bicyclic) bond motifs is 1. The molecule has 2 aromatic heterocycles. The molecule has 0 radical (unpaired) electrons. The number of piperidine rings is 1. The molecule has 7 nitrogen and oxygen atoms in total. The van der Waals surface area contributed by atoms with Crippen molar-refractivity contribution in [1.29, 1.82) is 0 Å². The van der Waals surface area contributed by atoms with Crippen LogP contribution >= 0.6 is 0 Å². The molecule has 1 fully saturated rings. The monoisotopic (exact) mass is 463 g/mol. The number of hydrogen-bond acceptors (Lipinski definition) is 4. The number of likely N-dealkylation sites (tertiary alicyclic amines) is 1. The molecule has 1 atom stereocenters. The average molecular weight is 464 g/mol. The van der Waals surface area contributed by atoms with Gasteiger partial charge < -0.3 is 14.8 Å². The maximum atomic E-state index is 13.2. The van der Waals surface area contributed by atoms with Gasteiger partial charge in [-0.2, -0.15) is 5.10 Å². The van der Waals surface area contributed by atoms with Crippen LogP contribution in [0.25, 0.3) is 10.8 Å². The van der Waals surface area contributed by atoms with E-state index in [0.717, 1.165) is 36.3 Å². The molecule has 1 saturated heterocycles. The van der Waals surface area contributed by atoms with Gasteiger partial charge in [0, 0.05) is 42.5 Å². The third-order valence-corrected chi connectivity index (χ3v) is 7.25. The molecular weight excluding hydrogens is 426 g/mol. The van der Waals surface area contributed by atoms with Crippen LogP contribution in [-0.2, 0) is 17.9 Å². The fourth-order valence-electron chi connectivity index (χ4n) is 5.28. The van der Waals surface area contributed by atoms with Gasteiger partial charge >= 0.3 is 0 Å². The number of aromatic nitrogens is 3. The normalized spacial score (nSPS) is 16.7. The van der Waals surface area contributed by atoms with E-state index in [1.54, 1.807) is 6.20 Å². The SMILES string of the molecule is CC[C@@H]1CCCCN1CCCNC(=O)Cn1ncc2c(C)n(Cc3ccccc3)c(C)c2c1=O. The predicted octanol–water partition coefficient (Wildman–Crippen LogP) is 3.63. The van der Waals surface area contributed by atoms with Gasteiger partial charge in [0.05, 0.1) is 11.6 Å². The smallest absolute Gasteiger partial charge is 0.276 e. The molecule has 1 aliphatic heterocycles. The van der Waals surface area contributed by atoms with Gasteiger partial charge in [0.2, 0.25) is 5.91 Å². The Labute approximate surface area is 201 Å². The van der Waals surface area contributed by atoms with Crippen LogP contribution in [0.5, 0.6) is 0 Å². The van der Waals surface area contributed by atoms with Crippen molar-refractivity contribution in [2.24, 2.45) is 0 Å². The number of nitrogens with one attached hydrogen (secondary N) is 1. The van der Waals surface area contributed by atoms with Gasteiger partial charge in [-0.3, -0.25) is 9.59 Å². The van der Waals surface area contributed by atoms with Crippen molar-refractivity contribution >= 4 is 16.7 Å². The summed E-state index contributed by atoms with van der Waals surface area (Å²) in [6.07, 6.45) is 7.71. The number of hydrogen-bond donors (Lipinski definition) is 1. The number of carbonyl (C=O) groups is 1. The highest BCUT2D eigenvalue weighted by atomic mass is 16.2.